The number of ether oxygens (including phenoxy) is 1. The van der Waals surface area contributed by atoms with Crippen LogP contribution in [0.1, 0.15) is 18.2 Å². The molecule has 2 aromatic carbocycles. The number of imidazole rings is 1. The van der Waals surface area contributed by atoms with Crippen LogP contribution in [0, 0.1) is 11.6 Å². The summed E-state index contributed by atoms with van der Waals surface area (Å²) in [6, 6.07) is 11.3. The van der Waals surface area contributed by atoms with Crippen molar-refractivity contribution in [2.75, 3.05) is 6.61 Å². The molecule has 0 aliphatic carbocycles. The van der Waals surface area contributed by atoms with E-state index in [-0.39, 0.29) is 24.4 Å². The van der Waals surface area contributed by atoms with E-state index in [1.54, 1.807) is 0 Å². The molecule has 0 spiro atoms. The van der Waals surface area contributed by atoms with Crippen LogP contribution in [0.2, 0.25) is 0 Å². The summed E-state index contributed by atoms with van der Waals surface area (Å²) in [4.78, 5) is 17.7. The molecule has 1 N–H and O–H groups in total. The van der Waals surface area contributed by atoms with E-state index in [0.29, 0.717) is 6.61 Å². The number of halogens is 2. The van der Waals surface area contributed by atoms with Gasteiger partial charge in [0.1, 0.15) is 17.4 Å². The minimum atomic E-state index is -0.678. The molecule has 2 aromatic heterocycles. The third-order valence-electron chi connectivity index (χ3n) is 4.61. The Morgan fingerprint density at radius 1 is 1.17 bits per heavy atom. The molecule has 0 saturated carbocycles. The average Bonchev–Trinajstić information content (AvgIpc) is 3.30. The Morgan fingerprint density at radius 3 is 2.60 bits per heavy atom. The van der Waals surface area contributed by atoms with E-state index in [0.717, 1.165) is 27.7 Å². The van der Waals surface area contributed by atoms with Gasteiger partial charge in [0.25, 0.3) is 0 Å². The van der Waals surface area contributed by atoms with Gasteiger partial charge in [0.15, 0.2) is 4.96 Å². The van der Waals surface area contributed by atoms with Crippen LogP contribution >= 0.6 is 11.3 Å². The highest BCUT2D eigenvalue weighted by Gasteiger charge is 2.14. The number of carbonyl (C=O) groups excluding carboxylic acids is 1. The van der Waals surface area contributed by atoms with E-state index in [1.165, 1.54) is 29.5 Å². The van der Waals surface area contributed by atoms with Crippen molar-refractivity contribution in [3.8, 4) is 17.0 Å². The van der Waals surface area contributed by atoms with Gasteiger partial charge in [0.05, 0.1) is 18.7 Å². The van der Waals surface area contributed by atoms with E-state index < -0.39 is 11.6 Å². The van der Waals surface area contributed by atoms with Crippen molar-refractivity contribution in [2.24, 2.45) is 0 Å². The topological polar surface area (TPSA) is 55.6 Å². The highest BCUT2D eigenvalue weighted by molar-refractivity contribution is 7.15. The van der Waals surface area contributed by atoms with Crippen molar-refractivity contribution in [1.29, 1.82) is 0 Å². The molecule has 4 aromatic rings. The zero-order chi connectivity index (χ0) is 21.1. The smallest absolute Gasteiger partial charge is 0.226 e. The molecule has 0 unspecified atom stereocenters. The predicted molar refractivity (Wildman–Crippen MR) is 112 cm³/mol. The second kappa shape index (κ2) is 8.62. The number of nitrogens with one attached hydrogen (secondary N) is 1. The number of rotatable bonds is 7. The summed E-state index contributed by atoms with van der Waals surface area (Å²) in [6.07, 6.45) is 1.95. The van der Waals surface area contributed by atoms with E-state index in [2.05, 4.69) is 10.3 Å². The minimum absolute atomic E-state index is 0.0785. The van der Waals surface area contributed by atoms with Gasteiger partial charge in [-0.1, -0.05) is 6.07 Å². The van der Waals surface area contributed by atoms with Crippen LogP contribution < -0.4 is 10.1 Å². The van der Waals surface area contributed by atoms with Crippen molar-refractivity contribution in [2.45, 2.75) is 19.9 Å². The monoisotopic (exact) mass is 427 g/mol. The summed E-state index contributed by atoms with van der Waals surface area (Å²) in [7, 11) is 0. The van der Waals surface area contributed by atoms with Gasteiger partial charge in [0.2, 0.25) is 5.91 Å². The Balaban J connectivity index is 1.46. The molecule has 30 heavy (non-hydrogen) atoms. The molecule has 0 atom stereocenters. The lowest BCUT2D eigenvalue weighted by Crippen LogP contribution is -2.26. The van der Waals surface area contributed by atoms with Crippen LogP contribution in [-0.2, 0) is 17.8 Å². The maximum absolute atomic E-state index is 13.7. The second-order valence-electron chi connectivity index (χ2n) is 6.62. The van der Waals surface area contributed by atoms with Gasteiger partial charge in [-0.3, -0.25) is 9.20 Å². The number of amides is 1. The number of aromatic nitrogens is 2. The lowest BCUT2D eigenvalue weighted by molar-refractivity contribution is -0.120. The Bertz CT molecular complexity index is 1160. The first-order chi connectivity index (χ1) is 14.5. The minimum Gasteiger partial charge on any atom is -0.494 e. The van der Waals surface area contributed by atoms with Crippen LogP contribution in [0.15, 0.2) is 54.0 Å². The fourth-order valence-corrected chi connectivity index (χ4v) is 3.97. The fourth-order valence-electron chi connectivity index (χ4n) is 3.10. The van der Waals surface area contributed by atoms with E-state index in [4.69, 9.17) is 4.74 Å². The van der Waals surface area contributed by atoms with Gasteiger partial charge >= 0.3 is 0 Å². The van der Waals surface area contributed by atoms with Crippen molar-refractivity contribution in [3.63, 3.8) is 0 Å². The maximum Gasteiger partial charge on any atom is 0.226 e. The maximum atomic E-state index is 13.7. The zero-order valence-corrected chi connectivity index (χ0v) is 17.0. The van der Waals surface area contributed by atoms with Crippen molar-refractivity contribution < 1.29 is 18.3 Å². The molecular formula is C22H19F2N3O2S. The first-order valence-electron chi connectivity index (χ1n) is 9.43. The van der Waals surface area contributed by atoms with Gasteiger partial charge in [-0.25, -0.2) is 13.8 Å². The summed E-state index contributed by atoms with van der Waals surface area (Å²) in [5.74, 6) is -0.884. The van der Waals surface area contributed by atoms with Gasteiger partial charge in [-0.15, -0.1) is 11.3 Å². The second-order valence-corrected chi connectivity index (χ2v) is 7.45. The summed E-state index contributed by atoms with van der Waals surface area (Å²) >= 11 is 1.43. The van der Waals surface area contributed by atoms with Crippen molar-refractivity contribution in [3.05, 3.63) is 76.9 Å². The number of benzene rings is 2. The fraction of sp³-hybridized carbons (Fsp3) is 0.182. The lowest BCUT2D eigenvalue weighted by atomic mass is 10.1. The molecule has 2 heterocycles. The molecule has 154 valence electrons. The Hall–Kier alpha value is -3.26. The number of hydrogen-bond donors (Lipinski definition) is 1. The largest absolute Gasteiger partial charge is 0.494 e. The van der Waals surface area contributed by atoms with E-state index in [1.807, 2.05) is 47.2 Å². The van der Waals surface area contributed by atoms with Crippen LogP contribution in [0.3, 0.4) is 0 Å². The molecule has 1 amide bonds. The molecule has 8 heteroatoms. The first-order valence-corrected chi connectivity index (χ1v) is 10.3. The van der Waals surface area contributed by atoms with Crippen LogP contribution in [0.25, 0.3) is 16.2 Å². The van der Waals surface area contributed by atoms with E-state index >= 15 is 0 Å². The van der Waals surface area contributed by atoms with Crippen molar-refractivity contribution in [1.82, 2.24) is 14.7 Å². The predicted octanol–water partition coefficient (Wildman–Crippen LogP) is 4.60. The summed E-state index contributed by atoms with van der Waals surface area (Å²) < 4.78 is 34.7. The van der Waals surface area contributed by atoms with Crippen LogP contribution in [-0.4, -0.2) is 21.9 Å². The molecule has 4 rings (SSSR count). The van der Waals surface area contributed by atoms with Crippen LogP contribution in [0.5, 0.6) is 5.75 Å². The molecule has 0 radical (unpaired) electrons. The van der Waals surface area contributed by atoms with Gasteiger partial charge in [-0.2, -0.15) is 0 Å². The number of carbonyl (C=O) groups is 1. The quantitative estimate of drug-likeness (QED) is 0.469. The summed E-state index contributed by atoms with van der Waals surface area (Å²) in [5.41, 5.74) is 2.34. The average molecular weight is 427 g/mol. The molecule has 0 aliphatic rings. The zero-order valence-electron chi connectivity index (χ0n) is 16.2. The number of thiazole rings is 1. The third kappa shape index (κ3) is 4.18. The summed E-state index contributed by atoms with van der Waals surface area (Å²) in [6.45, 7) is 2.34. The molecule has 0 saturated heterocycles. The molecule has 0 aliphatic heterocycles. The number of nitrogens with zero attached hydrogens (tertiary/aromatic N) is 2. The van der Waals surface area contributed by atoms with Gasteiger partial charge < -0.3 is 10.1 Å². The van der Waals surface area contributed by atoms with E-state index in [9.17, 15) is 13.6 Å². The Labute approximate surface area is 176 Å². The first kappa shape index (κ1) is 20.0. The van der Waals surface area contributed by atoms with Gasteiger partial charge in [-0.05, 0) is 43.3 Å². The van der Waals surface area contributed by atoms with Gasteiger partial charge in [0, 0.05) is 34.9 Å². The molecular weight excluding hydrogens is 408 g/mol. The molecule has 0 bridgehead atoms. The van der Waals surface area contributed by atoms with Crippen LogP contribution in [0.4, 0.5) is 8.78 Å². The Morgan fingerprint density at radius 2 is 1.90 bits per heavy atom. The standard InChI is InChI=1S/C22H19F2N3O2S/c1-2-29-16-8-6-14(7-9-16)20-12-27-15(13-30-22(27)26-20)10-21(28)25-11-17-18(23)4-3-5-19(17)24/h3-9,12-13H,2,10-11H2,1H3,(H,25,28). The lowest BCUT2D eigenvalue weighted by Gasteiger charge is -2.07. The third-order valence-corrected chi connectivity index (χ3v) is 5.50. The number of fused-ring (bicyclic) bond motifs is 1. The highest BCUT2D eigenvalue weighted by atomic mass is 32.1. The SMILES string of the molecule is CCOc1ccc(-c2cn3c(CC(=O)NCc4c(F)cccc4F)csc3n2)cc1. The van der Waals surface area contributed by atoms with Crippen molar-refractivity contribution >= 4 is 22.2 Å². The highest BCUT2D eigenvalue weighted by Crippen LogP contribution is 2.25. The Kier molecular flexibility index (Phi) is 5.76. The number of hydrogen-bond acceptors (Lipinski definition) is 4. The normalized spacial score (nSPS) is 11.0. The summed E-state index contributed by atoms with van der Waals surface area (Å²) in [5, 5.41) is 4.43. The molecule has 0 fully saturated rings. The molecule has 5 nitrogen and oxygen atoms in total.